The summed E-state index contributed by atoms with van der Waals surface area (Å²) in [5.41, 5.74) is 0.789. The highest BCUT2D eigenvalue weighted by Gasteiger charge is 2.22. The average Bonchev–Trinajstić information content (AvgIpc) is 3.04. The molecule has 106 valence electrons. The van der Waals surface area contributed by atoms with Crippen LogP contribution in [0.1, 0.15) is 43.1 Å². The van der Waals surface area contributed by atoms with Crippen molar-refractivity contribution in [1.82, 2.24) is 10.1 Å². The average molecular weight is 276 g/mol. The zero-order valence-corrected chi connectivity index (χ0v) is 11.4. The van der Waals surface area contributed by atoms with Crippen LogP contribution in [0.2, 0.25) is 0 Å². The maximum atomic E-state index is 9.64. The monoisotopic (exact) mass is 276 g/mol. The topological polar surface area (TPSA) is 77.6 Å². The number of benzene rings is 1. The fraction of sp³-hybridized carbons (Fsp3) is 0.429. The van der Waals surface area contributed by atoms with Crippen LogP contribution in [-0.4, -0.2) is 21.9 Å². The van der Waals surface area contributed by atoms with E-state index in [4.69, 9.17) is 14.0 Å². The molecule has 3 rings (SSSR count). The Morgan fingerprint density at radius 2 is 2.30 bits per heavy atom. The van der Waals surface area contributed by atoms with Crippen LogP contribution in [0.3, 0.4) is 0 Å². The van der Waals surface area contributed by atoms with Crippen molar-refractivity contribution in [2.75, 3.05) is 6.61 Å². The quantitative estimate of drug-likeness (QED) is 0.922. The van der Waals surface area contributed by atoms with E-state index in [-0.39, 0.29) is 12.5 Å². The second-order valence-electron chi connectivity index (χ2n) is 5.02. The van der Waals surface area contributed by atoms with Crippen molar-refractivity contribution in [1.29, 1.82) is 0 Å². The molecule has 0 amide bonds. The summed E-state index contributed by atoms with van der Waals surface area (Å²) >= 11 is 0. The first-order valence-electron chi connectivity index (χ1n) is 6.53. The molecule has 0 radical (unpaired) electrons. The molecule has 2 aromatic rings. The molecule has 6 nitrogen and oxygen atoms in total. The summed E-state index contributed by atoms with van der Waals surface area (Å²) in [6.07, 6.45) is -0.552. The van der Waals surface area contributed by atoms with Crippen LogP contribution >= 0.6 is 0 Å². The van der Waals surface area contributed by atoms with E-state index in [2.05, 4.69) is 10.1 Å². The molecule has 0 saturated carbocycles. The summed E-state index contributed by atoms with van der Waals surface area (Å²) in [6, 6.07) is 5.34. The van der Waals surface area contributed by atoms with Crippen LogP contribution in [0.5, 0.6) is 11.5 Å². The molecule has 6 heteroatoms. The summed E-state index contributed by atoms with van der Waals surface area (Å²) in [6.45, 7) is 4.50. The largest absolute Gasteiger partial charge is 0.490 e. The normalized spacial score (nSPS) is 17.1. The van der Waals surface area contributed by atoms with Crippen molar-refractivity contribution in [2.24, 2.45) is 0 Å². The van der Waals surface area contributed by atoms with E-state index < -0.39 is 6.10 Å². The number of aliphatic hydroxyl groups excluding tert-OH is 1. The first-order valence-corrected chi connectivity index (χ1v) is 6.53. The lowest BCUT2D eigenvalue weighted by Gasteiger charge is -2.05. The second kappa shape index (κ2) is 5.13. The van der Waals surface area contributed by atoms with Gasteiger partial charge in [0.05, 0.1) is 0 Å². The molecule has 1 aromatic carbocycles. The number of hydrogen-bond donors (Lipinski definition) is 1. The van der Waals surface area contributed by atoms with Crippen LogP contribution in [0.4, 0.5) is 0 Å². The Bertz CT molecular complexity index is 609. The lowest BCUT2D eigenvalue weighted by molar-refractivity contribution is 0.140. The highest BCUT2D eigenvalue weighted by atomic mass is 16.5. The van der Waals surface area contributed by atoms with E-state index in [0.29, 0.717) is 29.8 Å². The van der Waals surface area contributed by atoms with Crippen LogP contribution < -0.4 is 9.47 Å². The summed E-state index contributed by atoms with van der Waals surface area (Å²) in [7, 11) is 0. The Morgan fingerprint density at radius 1 is 1.45 bits per heavy atom. The van der Waals surface area contributed by atoms with Crippen molar-refractivity contribution in [3.63, 3.8) is 0 Å². The zero-order valence-electron chi connectivity index (χ0n) is 11.4. The maximum absolute atomic E-state index is 9.64. The van der Waals surface area contributed by atoms with Gasteiger partial charge >= 0.3 is 0 Å². The van der Waals surface area contributed by atoms with Crippen LogP contribution in [0.25, 0.3) is 0 Å². The predicted octanol–water partition coefficient (Wildman–Crippen LogP) is 2.20. The van der Waals surface area contributed by atoms with Crippen molar-refractivity contribution in [3.05, 3.63) is 35.5 Å². The van der Waals surface area contributed by atoms with Gasteiger partial charge in [0.2, 0.25) is 0 Å². The molecule has 0 fully saturated rings. The van der Waals surface area contributed by atoms with Crippen molar-refractivity contribution >= 4 is 0 Å². The van der Waals surface area contributed by atoms with E-state index in [0.717, 1.165) is 5.56 Å². The zero-order chi connectivity index (χ0) is 14.1. The summed E-state index contributed by atoms with van der Waals surface area (Å²) < 4.78 is 16.0. The molecular weight excluding hydrogens is 260 g/mol. The van der Waals surface area contributed by atoms with Gasteiger partial charge in [-0.2, -0.15) is 4.98 Å². The molecule has 1 aliphatic heterocycles. The van der Waals surface area contributed by atoms with Crippen molar-refractivity contribution < 1.29 is 19.1 Å². The second-order valence-corrected chi connectivity index (χ2v) is 5.02. The van der Waals surface area contributed by atoms with Gasteiger partial charge in [-0.15, -0.1) is 0 Å². The summed E-state index contributed by atoms with van der Waals surface area (Å²) in [4.78, 5) is 4.24. The Balaban J connectivity index is 1.66. The van der Waals surface area contributed by atoms with Gasteiger partial charge in [0.25, 0.3) is 5.89 Å². The van der Waals surface area contributed by atoms with E-state index in [1.807, 2.05) is 13.8 Å². The van der Waals surface area contributed by atoms with Gasteiger partial charge < -0.3 is 19.1 Å². The first-order chi connectivity index (χ1) is 9.63. The van der Waals surface area contributed by atoms with Gasteiger partial charge in [0.15, 0.2) is 12.4 Å². The van der Waals surface area contributed by atoms with E-state index in [1.165, 1.54) is 0 Å². The molecule has 2 heterocycles. The van der Waals surface area contributed by atoms with Gasteiger partial charge in [-0.05, 0) is 12.1 Å². The smallest absolute Gasteiger partial charge is 0.264 e. The van der Waals surface area contributed by atoms with E-state index >= 15 is 0 Å². The summed E-state index contributed by atoms with van der Waals surface area (Å²) in [5.74, 6) is 2.63. The Kier molecular flexibility index (Phi) is 3.31. The third kappa shape index (κ3) is 2.46. The van der Waals surface area contributed by atoms with Gasteiger partial charge in [0.1, 0.15) is 24.2 Å². The number of rotatable bonds is 4. The van der Waals surface area contributed by atoms with Crippen molar-refractivity contribution in [2.45, 2.75) is 32.5 Å². The summed E-state index contributed by atoms with van der Waals surface area (Å²) in [5, 5.41) is 13.5. The number of hydrogen-bond acceptors (Lipinski definition) is 6. The van der Waals surface area contributed by atoms with Gasteiger partial charge in [-0.3, -0.25) is 0 Å². The molecule has 1 N–H and O–H groups in total. The molecule has 1 unspecified atom stereocenters. The predicted molar refractivity (Wildman–Crippen MR) is 69.6 cm³/mol. The molecule has 0 spiro atoms. The van der Waals surface area contributed by atoms with Gasteiger partial charge in [0, 0.05) is 17.5 Å². The molecular formula is C14H16N2O4. The number of ether oxygens (including phenoxy) is 2. The van der Waals surface area contributed by atoms with Crippen molar-refractivity contribution in [3.8, 4) is 11.5 Å². The minimum atomic E-state index is -0.552. The number of aromatic nitrogens is 2. The van der Waals surface area contributed by atoms with Gasteiger partial charge in [-0.1, -0.05) is 19.0 Å². The Labute approximate surface area is 116 Å². The number of aliphatic hydroxyl groups is 1. The Morgan fingerprint density at radius 3 is 3.05 bits per heavy atom. The number of nitrogens with zero attached hydrogens (tertiary/aromatic N) is 2. The molecule has 0 bridgehead atoms. The maximum Gasteiger partial charge on any atom is 0.264 e. The van der Waals surface area contributed by atoms with E-state index in [1.54, 1.807) is 18.2 Å². The van der Waals surface area contributed by atoms with Gasteiger partial charge in [-0.25, -0.2) is 0 Å². The van der Waals surface area contributed by atoms with Crippen LogP contribution in [0, 0.1) is 0 Å². The van der Waals surface area contributed by atoms with Crippen LogP contribution in [0.15, 0.2) is 22.7 Å². The fourth-order valence-corrected chi connectivity index (χ4v) is 1.97. The molecule has 1 aromatic heterocycles. The first kappa shape index (κ1) is 12.9. The lowest BCUT2D eigenvalue weighted by atomic mass is 10.1. The number of fused-ring (bicyclic) bond motifs is 1. The Hall–Kier alpha value is -2.08. The molecule has 0 saturated heterocycles. The minimum Gasteiger partial charge on any atom is -0.490 e. The fourth-order valence-electron chi connectivity index (χ4n) is 1.97. The standard InChI is InChI=1S/C14H16N2O4/c1-8(2)14-15-13(20-16-14)7-18-9-3-4-10-11(17)6-19-12(10)5-9/h3-5,8,11,17H,6-7H2,1-2H3. The van der Waals surface area contributed by atoms with Crippen LogP contribution in [-0.2, 0) is 6.61 Å². The molecule has 20 heavy (non-hydrogen) atoms. The molecule has 1 atom stereocenters. The lowest BCUT2D eigenvalue weighted by Crippen LogP contribution is -1.97. The van der Waals surface area contributed by atoms with E-state index in [9.17, 15) is 5.11 Å². The highest BCUT2D eigenvalue weighted by molar-refractivity contribution is 5.44. The minimum absolute atomic E-state index is 0.209. The highest BCUT2D eigenvalue weighted by Crippen LogP contribution is 2.35. The third-order valence-corrected chi connectivity index (χ3v) is 3.10. The molecule has 0 aliphatic carbocycles. The third-order valence-electron chi connectivity index (χ3n) is 3.10. The molecule has 1 aliphatic rings. The SMILES string of the molecule is CC(C)c1noc(COc2ccc3c(c2)OCC3O)n1.